The smallest absolute Gasteiger partial charge is 0.259 e. The van der Waals surface area contributed by atoms with Crippen LogP contribution < -0.4 is 15.4 Å². The van der Waals surface area contributed by atoms with E-state index >= 15 is 0 Å². The van der Waals surface area contributed by atoms with Crippen molar-refractivity contribution in [3.8, 4) is 5.75 Å². The predicted molar refractivity (Wildman–Crippen MR) is 111 cm³/mol. The summed E-state index contributed by atoms with van der Waals surface area (Å²) in [6.45, 7) is 4.13. The van der Waals surface area contributed by atoms with E-state index in [0.717, 1.165) is 23.7 Å². The first kappa shape index (κ1) is 19.6. The Kier molecular flexibility index (Phi) is 4.99. The number of benzene rings is 2. The van der Waals surface area contributed by atoms with Gasteiger partial charge >= 0.3 is 0 Å². The molecule has 0 unspecified atom stereocenters. The van der Waals surface area contributed by atoms with Gasteiger partial charge in [0.25, 0.3) is 11.8 Å². The van der Waals surface area contributed by atoms with Crippen LogP contribution in [0.3, 0.4) is 0 Å². The first-order valence-corrected chi connectivity index (χ1v) is 9.51. The van der Waals surface area contributed by atoms with Crippen LogP contribution in [-0.4, -0.2) is 28.2 Å². The number of nitrogens with one attached hydrogen (secondary N) is 2. The van der Waals surface area contributed by atoms with Crippen molar-refractivity contribution in [2.45, 2.75) is 20.3 Å². The SMILES string of the molecule is Cc1nn(C)c(C)c1NC(=O)c1cc(F)cc(NC(=O)c2cccc3c2OCC3)c1. The van der Waals surface area contributed by atoms with E-state index in [1.807, 2.05) is 13.0 Å². The third kappa shape index (κ3) is 3.63. The third-order valence-electron chi connectivity index (χ3n) is 5.12. The van der Waals surface area contributed by atoms with Gasteiger partial charge in [-0.1, -0.05) is 12.1 Å². The number of aryl methyl sites for hydroxylation is 2. The number of amides is 2. The number of carbonyl (C=O) groups is 2. The van der Waals surface area contributed by atoms with Crippen LogP contribution in [0.4, 0.5) is 15.8 Å². The lowest BCUT2D eigenvalue weighted by Gasteiger charge is -2.11. The largest absolute Gasteiger partial charge is 0.492 e. The molecule has 1 aliphatic rings. The molecule has 0 atom stereocenters. The van der Waals surface area contributed by atoms with E-state index in [2.05, 4.69) is 15.7 Å². The van der Waals surface area contributed by atoms with Crippen molar-refractivity contribution >= 4 is 23.2 Å². The number of rotatable bonds is 4. The molecule has 2 heterocycles. The molecule has 0 spiro atoms. The van der Waals surface area contributed by atoms with Crippen molar-refractivity contribution in [2.75, 3.05) is 17.2 Å². The van der Waals surface area contributed by atoms with Gasteiger partial charge < -0.3 is 15.4 Å². The average Bonchev–Trinajstić information content (AvgIpc) is 3.27. The summed E-state index contributed by atoms with van der Waals surface area (Å²) >= 11 is 0. The first-order valence-electron chi connectivity index (χ1n) is 9.51. The van der Waals surface area contributed by atoms with Crippen LogP contribution >= 0.6 is 0 Å². The van der Waals surface area contributed by atoms with Gasteiger partial charge in [0.2, 0.25) is 0 Å². The summed E-state index contributed by atoms with van der Waals surface area (Å²) in [7, 11) is 1.78. The lowest BCUT2D eigenvalue weighted by Crippen LogP contribution is -2.16. The third-order valence-corrected chi connectivity index (χ3v) is 5.12. The van der Waals surface area contributed by atoms with Gasteiger partial charge in [0.1, 0.15) is 11.6 Å². The number of aromatic nitrogens is 2. The molecule has 30 heavy (non-hydrogen) atoms. The average molecular weight is 408 g/mol. The van der Waals surface area contributed by atoms with Crippen molar-refractivity contribution in [3.05, 3.63) is 70.3 Å². The summed E-state index contributed by atoms with van der Waals surface area (Å²) < 4.78 is 21.4. The van der Waals surface area contributed by atoms with Crippen molar-refractivity contribution in [1.82, 2.24) is 9.78 Å². The lowest BCUT2D eigenvalue weighted by atomic mass is 10.1. The summed E-state index contributed by atoms with van der Waals surface area (Å²) in [5.74, 6) is -1.00. The summed E-state index contributed by atoms with van der Waals surface area (Å²) in [6.07, 6.45) is 0.744. The maximum atomic E-state index is 14.2. The minimum atomic E-state index is -0.632. The Morgan fingerprint density at radius 3 is 2.67 bits per heavy atom. The Balaban J connectivity index is 1.57. The highest BCUT2D eigenvalue weighted by Crippen LogP contribution is 2.30. The summed E-state index contributed by atoms with van der Waals surface area (Å²) in [5.41, 5.74) is 3.62. The highest BCUT2D eigenvalue weighted by atomic mass is 19.1. The Bertz CT molecular complexity index is 1170. The van der Waals surface area contributed by atoms with Crippen molar-refractivity contribution in [2.24, 2.45) is 7.05 Å². The van der Waals surface area contributed by atoms with Gasteiger partial charge in [-0.05, 0) is 43.7 Å². The molecule has 2 aromatic carbocycles. The minimum absolute atomic E-state index is 0.0856. The Hall–Kier alpha value is -3.68. The number of para-hydroxylation sites is 1. The highest BCUT2D eigenvalue weighted by Gasteiger charge is 2.21. The van der Waals surface area contributed by atoms with E-state index in [-0.39, 0.29) is 11.3 Å². The number of ether oxygens (including phenoxy) is 1. The number of fused-ring (bicyclic) bond motifs is 1. The van der Waals surface area contributed by atoms with Gasteiger partial charge in [0.15, 0.2) is 0 Å². The molecule has 0 aliphatic carbocycles. The van der Waals surface area contributed by atoms with Gasteiger partial charge in [0.05, 0.1) is 29.2 Å². The van der Waals surface area contributed by atoms with E-state index in [1.54, 1.807) is 30.8 Å². The van der Waals surface area contributed by atoms with Gasteiger partial charge in [0, 0.05) is 24.7 Å². The normalized spacial score (nSPS) is 12.3. The van der Waals surface area contributed by atoms with Crippen LogP contribution in [0, 0.1) is 19.7 Å². The number of halogens is 1. The van der Waals surface area contributed by atoms with Crippen LogP contribution in [0.15, 0.2) is 36.4 Å². The Morgan fingerprint density at radius 1 is 1.13 bits per heavy atom. The van der Waals surface area contributed by atoms with Gasteiger partial charge in [-0.3, -0.25) is 14.3 Å². The Morgan fingerprint density at radius 2 is 1.93 bits per heavy atom. The first-order chi connectivity index (χ1) is 14.3. The van der Waals surface area contributed by atoms with Gasteiger partial charge in [-0.2, -0.15) is 5.10 Å². The van der Waals surface area contributed by atoms with Crippen LogP contribution in [0.1, 0.15) is 37.7 Å². The Labute approximate surface area is 172 Å². The monoisotopic (exact) mass is 408 g/mol. The van der Waals surface area contributed by atoms with E-state index in [9.17, 15) is 14.0 Å². The van der Waals surface area contributed by atoms with Gasteiger partial charge in [-0.15, -0.1) is 0 Å². The molecule has 0 saturated carbocycles. The zero-order chi connectivity index (χ0) is 21.4. The maximum absolute atomic E-state index is 14.2. The van der Waals surface area contributed by atoms with E-state index in [4.69, 9.17) is 4.74 Å². The second kappa shape index (κ2) is 7.62. The van der Waals surface area contributed by atoms with E-state index in [0.29, 0.717) is 29.3 Å². The fourth-order valence-electron chi connectivity index (χ4n) is 3.53. The zero-order valence-electron chi connectivity index (χ0n) is 16.9. The molecule has 7 nitrogen and oxygen atoms in total. The fourth-order valence-corrected chi connectivity index (χ4v) is 3.53. The van der Waals surface area contributed by atoms with E-state index in [1.165, 1.54) is 12.1 Å². The van der Waals surface area contributed by atoms with Crippen LogP contribution in [0.5, 0.6) is 5.75 Å². The molecule has 0 radical (unpaired) electrons. The molecule has 2 amide bonds. The highest BCUT2D eigenvalue weighted by molar-refractivity contribution is 6.08. The number of hydrogen-bond donors (Lipinski definition) is 2. The van der Waals surface area contributed by atoms with Gasteiger partial charge in [-0.25, -0.2) is 4.39 Å². The molecule has 3 aromatic rings. The summed E-state index contributed by atoms with van der Waals surface area (Å²) in [5, 5.41) is 9.68. The molecule has 0 bridgehead atoms. The summed E-state index contributed by atoms with van der Waals surface area (Å²) in [4.78, 5) is 25.4. The van der Waals surface area contributed by atoms with Crippen LogP contribution in [0.2, 0.25) is 0 Å². The molecular weight excluding hydrogens is 387 g/mol. The summed E-state index contributed by atoms with van der Waals surface area (Å²) in [6, 6.07) is 9.06. The fraction of sp³-hybridized carbons (Fsp3) is 0.227. The molecule has 2 N–H and O–H groups in total. The van der Waals surface area contributed by atoms with Crippen molar-refractivity contribution in [3.63, 3.8) is 0 Å². The lowest BCUT2D eigenvalue weighted by molar-refractivity contribution is 0.101. The molecule has 1 aromatic heterocycles. The number of hydrogen-bond acceptors (Lipinski definition) is 4. The maximum Gasteiger partial charge on any atom is 0.259 e. The molecule has 0 fully saturated rings. The van der Waals surface area contributed by atoms with Crippen molar-refractivity contribution < 1.29 is 18.7 Å². The van der Waals surface area contributed by atoms with Crippen LogP contribution in [-0.2, 0) is 13.5 Å². The number of anilines is 2. The minimum Gasteiger partial charge on any atom is -0.492 e. The second-order valence-electron chi connectivity index (χ2n) is 7.20. The molecular formula is C22H21FN4O3. The molecule has 8 heteroatoms. The van der Waals surface area contributed by atoms with Crippen molar-refractivity contribution in [1.29, 1.82) is 0 Å². The predicted octanol–water partition coefficient (Wildman–Crippen LogP) is 3.62. The van der Waals surface area contributed by atoms with E-state index < -0.39 is 17.6 Å². The number of nitrogens with zero attached hydrogens (tertiary/aromatic N) is 2. The molecule has 0 saturated heterocycles. The second-order valence-corrected chi connectivity index (χ2v) is 7.20. The molecule has 154 valence electrons. The zero-order valence-corrected chi connectivity index (χ0v) is 16.9. The quantitative estimate of drug-likeness (QED) is 0.691. The topological polar surface area (TPSA) is 85.3 Å². The van der Waals surface area contributed by atoms with Crippen LogP contribution in [0.25, 0.3) is 0 Å². The standard InChI is InChI=1S/C22H21FN4O3/c1-12-19(13(2)27(3)26-12)25-21(28)15-9-16(23)11-17(10-15)24-22(29)18-6-4-5-14-7-8-30-20(14)18/h4-6,9-11H,7-8H2,1-3H3,(H,24,29)(H,25,28). The molecule has 1 aliphatic heterocycles. The molecule has 4 rings (SSSR count). The number of carbonyl (C=O) groups excluding carboxylic acids is 2.